The number of fused-ring (bicyclic) bond motifs is 6. The number of rotatable bonds is 11. The number of carbonyl (C=O) groups excluding carboxylic acids is 3. The molecular weight excluding hydrogens is 1310 g/mol. The molecule has 8 aromatic rings. The van der Waals surface area contributed by atoms with Crippen LogP contribution in [0.1, 0.15) is 123 Å². The van der Waals surface area contributed by atoms with Crippen molar-refractivity contribution >= 4 is 40.3 Å². The third-order valence-electron chi connectivity index (χ3n) is 18.4. The van der Waals surface area contributed by atoms with Gasteiger partial charge in [-0.3, -0.25) is 29.3 Å². The highest BCUT2D eigenvalue weighted by molar-refractivity contribution is 14.1. The molecule has 9 atom stereocenters. The highest BCUT2D eigenvalue weighted by Crippen LogP contribution is 2.47. The maximum absolute atomic E-state index is 14.7. The smallest absolute Gasteiger partial charge is 0.332 e. The molecule has 6 aliphatic rings. The molecule has 0 saturated carbocycles. The average molecular weight is 1370 g/mol. The Bertz CT molecular complexity index is 3950. The number of benzene rings is 3. The van der Waals surface area contributed by atoms with Crippen LogP contribution in [0.3, 0.4) is 0 Å². The molecule has 6 fully saturated rings. The van der Waals surface area contributed by atoms with E-state index in [9.17, 15) is 53.9 Å². The van der Waals surface area contributed by atoms with E-state index in [0.717, 1.165) is 100 Å². The molecule has 15 nitrogen and oxygen atoms in total. The van der Waals surface area contributed by atoms with E-state index in [0.29, 0.717) is 45.0 Å². The predicted molar refractivity (Wildman–Crippen MR) is 321 cm³/mol. The van der Waals surface area contributed by atoms with Gasteiger partial charge in [0.25, 0.3) is 17.7 Å². The normalized spacial score (nSPS) is 22.8. The Balaban J connectivity index is 0.000000132. The van der Waals surface area contributed by atoms with Crippen molar-refractivity contribution in [1.82, 2.24) is 59.6 Å². The van der Waals surface area contributed by atoms with E-state index in [-0.39, 0.29) is 94.1 Å². The molecule has 470 valence electrons. The summed E-state index contributed by atoms with van der Waals surface area (Å²) in [5, 5.41) is 0. The van der Waals surface area contributed by atoms with Crippen molar-refractivity contribution in [2.45, 2.75) is 133 Å². The summed E-state index contributed by atoms with van der Waals surface area (Å²) in [6, 6.07) is 19.5. The largest absolute Gasteiger partial charge is 0.419 e. The van der Waals surface area contributed by atoms with Crippen LogP contribution < -0.4 is 0 Å². The first-order valence-electron chi connectivity index (χ1n) is 29.9. The lowest BCUT2D eigenvalue weighted by Crippen LogP contribution is -2.37. The Labute approximate surface area is 530 Å². The highest BCUT2D eigenvalue weighted by atomic mass is 127. The first-order chi connectivity index (χ1) is 43.7. The molecule has 3 amide bonds. The summed E-state index contributed by atoms with van der Waals surface area (Å²) in [4.78, 5) is 82.9. The monoisotopic (exact) mass is 1360 g/mol. The van der Waals surface area contributed by atoms with Crippen molar-refractivity contribution in [2.75, 3.05) is 0 Å². The van der Waals surface area contributed by atoms with E-state index in [1.807, 2.05) is 50.4 Å². The molecule has 0 spiro atoms. The van der Waals surface area contributed by atoms with Crippen molar-refractivity contribution in [3.05, 3.63) is 206 Å². The molecule has 11 heterocycles. The number of halogens is 10. The fourth-order valence-corrected chi connectivity index (χ4v) is 15.0. The van der Waals surface area contributed by atoms with Crippen molar-refractivity contribution < 1.29 is 53.9 Å². The number of hydrogen-bond acceptors (Lipinski definition) is 12. The van der Waals surface area contributed by atoms with Gasteiger partial charge in [-0.1, -0.05) is 18.2 Å². The zero-order valence-electron chi connectivity index (χ0n) is 48.8. The van der Waals surface area contributed by atoms with Gasteiger partial charge in [-0.15, -0.1) is 0 Å². The standard InChI is InChI=1S/C24H20F4N4O.C23H22FN5O.C19H16F4IN3O/c25-19-4-1-3-18(21(19)22-29-9-2-10-30-22)23(33)32-17-7-8-20(32)14(12-17)11-16-6-5-15(13-31-16)24(26,27)28;1-14-12-28-16(13-27-14)10-15-11-17-6-7-20(15)29(17)23(30)18-4-2-5-19(24)21(18)22-25-8-3-9-26-22;20-14-3-1-2-13(17(14)24)18(28)27-12-4-5-15(27)10(6-12)7-16-25-8-11(9-26-16)19(21,22)23/h1-6,9-10,13-14,17,20H,7-8,11-12H2;2-5,8-9,12-13,15,17,20H,6-7,10-11H2,1H3;1-3,8-10,12,15H,4-7H2. The molecule has 25 heteroatoms. The molecule has 91 heavy (non-hydrogen) atoms. The van der Waals surface area contributed by atoms with Crippen LogP contribution in [0.15, 0.2) is 135 Å². The van der Waals surface area contributed by atoms with Gasteiger partial charge in [0.15, 0.2) is 11.6 Å². The zero-order valence-corrected chi connectivity index (χ0v) is 50.9. The molecule has 9 unspecified atom stereocenters. The Kier molecular flexibility index (Phi) is 18.0. The summed E-state index contributed by atoms with van der Waals surface area (Å²) in [6.45, 7) is 1.92. The van der Waals surface area contributed by atoms with Crippen LogP contribution in [0.25, 0.3) is 22.8 Å². The maximum atomic E-state index is 14.7. The number of amides is 3. The fraction of sp³-hybridized carbons (Fsp3) is 0.364. The fourth-order valence-electron chi connectivity index (χ4n) is 14.4. The van der Waals surface area contributed by atoms with Gasteiger partial charge in [-0.05, 0) is 179 Å². The van der Waals surface area contributed by atoms with Gasteiger partial charge >= 0.3 is 12.4 Å². The SMILES string of the molecule is Cc1cnc(CC2CC3CCC2N3C(=O)c2cccc(F)c2-c2ncccn2)cn1.O=C(c1cccc(F)c1-c1ncccn1)N1C2CCC1C(Cc1ccc(C(F)(F)F)cn1)C2.O=C(c1cccc(F)c1I)N1C2CCC1C(Cc1ncc(C(F)(F)F)cn1)C2. The minimum atomic E-state index is -4.46. The first kappa shape index (κ1) is 62.8. The molecule has 3 aromatic carbocycles. The summed E-state index contributed by atoms with van der Waals surface area (Å²) in [7, 11) is 0. The molecule has 6 bridgehead atoms. The van der Waals surface area contributed by atoms with E-state index in [4.69, 9.17) is 0 Å². The van der Waals surface area contributed by atoms with Crippen LogP contribution in [-0.4, -0.2) is 114 Å². The number of aryl methyl sites for hydroxylation is 1. The lowest BCUT2D eigenvalue weighted by Gasteiger charge is -2.25. The Hall–Kier alpha value is -8.36. The molecule has 14 rings (SSSR count). The third kappa shape index (κ3) is 13.1. The van der Waals surface area contributed by atoms with Gasteiger partial charge in [0.05, 0.1) is 53.9 Å². The Morgan fingerprint density at radius 3 is 1.31 bits per heavy atom. The van der Waals surface area contributed by atoms with Crippen molar-refractivity contribution in [3.8, 4) is 22.8 Å². The molecule has 0 N–H and O–H groups in total. The first-order valence-corrected chi connectivity index (χ1v) is 31.0. The van der Waals surface area contributed by atoms with Crippen LogP contribution >= 0.6 is 22.6 Å². The lowest BCUT2D eigenvalue weighted by molar-refractivity contribution is -0.138. The summed E-state index contributed by atoms with van der Waals surface area (Å²) in [5.74, 6) is -0.822. The molecular formula is C66H58F9IN12O3. The molecule has 0 aliphatic carbocycles. The zero-order chi connectivity index (χ0) is 63.9. The van der Waals surface area contributed by atoms with E-state index in [1.165, 1.54) is 48.8 Å². The van der Waals surface area contributed by atoms with E-state index in [2.05, 4.69) is 44.9 Å². The van der Waals surface area contributed by atoms with E-state index >= 15 is 0 Å². The second-order valence-electron chi connectivity index (χ2n) is 23.8. The van der Waals surface area contributed by atoms with Gasteiger partial charge in [0, 0.05) is 104 Å². The summed E-state index contributed by atoms with van der Waals surface area (Å²) in [6.07, 6.45) is 12.7. The summed E-state index contributed by atoms with van der Waals surface area (Å²) >= 11 is 1.84. The Morgan fingerprint density at radius 2 is 0.868 bits per heavy atom. The van der Waals surface area contributed by atoms with Crippen molar-refractivity contribution in [3.63, 3.8) is 0 Å². The van der Waals surface area contributed by atoms with Gasteiger partial charge in [-0.2, -0.15) is 26.3 Å². The second-order valence-corrected chi connectivity index (χ2v) is 24.9. The lowest BCUT2D eigenvalue weighted by atomic mass is 9.86. The van der Waals surface area contributed by atoms with Gasteiger partial charge < -0.3 is 14.7 Å². The van der Waals surface area contributed by atoms with Crippen LogP contribution in [-0.2, 0) is 31.6 Å². The number of aromatic nitrogens is 9. The van der Waals surface area contributed by atoms with Gasteiger partial charge in [0.2, 0.25) is 0 Å². The van der Waals surface area contributed by atoms with Gasteiger partial charge in [0.1, 0.15) is 23.3 Å². The number of hydrogen-bond donors (Lipinski definition) is 0. The topological polar surface area (TPSA) is 177 Å². The van der Waals surface area contributed by atoms with E-state index < -0.39 is 40.9 Å². The minimum absolute atomic E-state index is 0.00903. The molecule has 6 aliphatic heterocycles. The average Bonchev–Trinajstić information content (AvgIpc) is 1.66. The third-order valence-corrected chi connectivity index (χ3v) is 19.5. The molecule has 5 aromatic heterocycles. The number of carbonyl (C=O) groups is 3. The van der Waals surface area contributed by atoms with Crippen LogP contribution in [0.4, 0.5) is 39.5 Å². The van der Waals surface area contributed by atoms with Crippen LogP contribution in [0, 0.1) is 45.7 Å². The van der Waals surface area contributed by atoms with Crippen LogP contribution in [0.5, 0.6) is 0 Å². The Morgan fingerprint density at radius 1 is 0.451 bits per heavy atom. The highest BCUT2D eigenvalue weighted by Gasteiger charge is 2.52. The predicted octanol–water partition coefficient (Wildman–Crippen LogP) is 13.0. The number of pyridine rings is 1. The molecule has 0 radical (unpaired) electrons. The van der Waals surface area contributed by atoms with Crippen molar-refractivity contribution in [2.24, 2.45) is 17.8 Å². The number of nitrogens with zero attached hydrogens (tertiary/aromatic N) is 12. The minimum Gasteiger partial charge on any atom is -0.332 e. The summed E-state index contributed by atoms with van der Waals surface area (Å²) in [5.41, 5.74) is 1.91. The maximum Gasteiger partial charge on any atom is 0.419 e. The second kappa shape index (κ2) is 26.1. The molecule has 6 saturated heterocycles. The van der Waals surface area contributed by atoms with Gasteiger partial charge in [-0.25, -0.2) is 43.1 Å². The summed E-state index contributed by atoms with van der Waals surface area (Å²) < 4.78 is 120. The quantitative estimate of drug-likeness (QED) is 0.0886. The van der Waals surface area contributed by atoms with Crippen LogP contribution in [0.2, 0.25) is 0 Å². The van der Waals surface area contributed by atoms with Crippen molar-refractivity contribution in [1.29, 1.82) is 0 Å². The van der Waals surface area contributed by atoms with E-state index in [1.54, 1.807) is 55.0 Å². The number of alkyl halides is 6.